The Kier molecular flexibility index (Phi) is 2.71. The predicted molar refractivity (Wildman–Crippen MR) is 61.6 cm³/mol. The zero-order valence-corrected chi connectivity index (χ0v) is 8.94. The lowest BCUT2D eigenvalue weighted by molar-refractivity contribution is 1.14. The van der Waals surface area contributed by atoms with Gasteiger partial charge in [-0.05, 0) is 18.2 Å². The molecule has 0 saturated heterocycles. The first-order chi connectivity index (χ1) is 7.70. The summed E-state index contributed by atoms with van der Waals surface area (Å²) in [5.41, 5.74) is 7.96. The van der Waals surface area contributed by atoms with Gasteiger partial charge in [0.2, 0.25) is 0 Å². The smallest absolute Gasteiger partial charge is 0.144 e. The van der Waals surface area contributed by atoms with Crippen LogP contribution in [0.15, 0.2) is 30.6 Å². The second-order valence-corrected chi connectivity index (χ2v) is 3.57. The van der Waals surface area contributed by atoms with Crippen LogP contribution < -0.4 is 5.73 Å². The number of anilines is 1. The van der Waals surface area contributed by atoms with Gasteiger partial charge in [-0.1, -0.05) is 11.6 Å². The molecule has 0 radical (unpaired) electrons. The lowest BCUT2D eigenvalue weighted by Crippen LogP contribution is -1.93. The zero-order valence-electron chi connectivity index (χ0n) is 8.18. The van der Waals surface area contributed by atoms with E-state index in [-0.39, 0.29) is 0 Å². The number of aromatic nitrogens is 2. The molecule has 0 aliphatic heterocycles. The van der Waals surface area contributed by atoms with Gasteiger partial charge in [-0.15, -0.1) is 0 Å². The van der Waals surface area contributed by atoms with E-state index >= 15 is 0 Å². The van der Waals surface area contributed by atoms with E-state index in [1.807, 2.05) is 6.07 Å². The summed E-state index contributed by atoms with van der Waals surface area (Å²) in [6.45, 7) is 0. The van der Waals surface area contributed by atoms with E-state index in [0.29, 0.717) is 27.7 Å². The van der Waals surface area contributed by atoms with Crippen LogP contribution in [0.2, 0.25) is 5.02 Å². The Hall–Kier alpha value is -2.12. The SMILES string of the molecule is N#Cc1cc(-c2cc(Cl)ccc2N)ncn1. The highest BCUT2D eigenvalue weighted by atomic mass is 35.5. The van der Waals surface area contributed by atoms with Crippen molar-refractivity contribution in [3.05, 3.63) is 41.3 Å². The molecule has 0 atom stereocenters. The van der Waals surface area contributed by atoms with Crippen molar-refractivity contribution in [2.24, 2.45) is 0 Å². The van der Waals surface area contributed by atoms with Crippen LogP contribution in [0.3, 0.4) is 0 Å². The van der Waals surface area contributed by atoms with E-state index in [0.717, 1.165) is 0 Å². The summed E-state index contributed by atoms with van der Waals surface area (Å²) in [7, 11) is 0. The van der Waals surface area contributed by atoms with Crippen molar-refractivity contribution < 1.29 is 0 Å². The van der Waals surface area contributed by atoms with Crippen LogP contribution in [0.25, 0.3) is 11.3 Å². The van der Waals surface area contributed by atoms with Crippen LogP contribution in [0, 0.1) is 11.3 Å². The Morgan fingerprint density at radius 3 is 2.81 bits per heavy atom. The Morgan fingerprint density at radius 1 is 1.25 bits per heavy atom. The normalized spacial score (nSPS) is 9.75. The molecular weight excluding hydrogens is 224 g/mol. The molecule has 0 amide bonds. The summed E-state index contributed by atoms with van der Waals surface area (Å²) in [6.07, 6.45) is 1.33. The van der Waals surface area contributed by atoms with Gasteiger partial charge in [-0.3, -0.25) is 0 Å². The third-order valence-electron chi connectivity index (χ3n) is 2.07. The third kappa shape index (κ3) is 1.95. The molecule has 78 valence electrons. The fourth-order valence-electron chi connectivity index (χ4n) is 1.32. The lowest BCUT2D eigenvalue weighted by Gasteiger charge is -2.05. The molecule has 1 heterocycles. The van der Waals surface area contributed by atoms with E-state index in [1.54, 1.807) is 24.3 Å². The molecule has 0 saturated carbocycles. The Bertz CT molecular complexity index is 574. The summed E-state index contributed by atoms with van der Waals surface area (Å²) in [4.78, 5) is 7.85. The topological polar surface area (TPSA) is 75.6 Å². The Labute approximate surface area is 97.3 Å². The van der Waals surface area contributed by atoms with Crippen LogP contribution in [0.4, 0.5) is 5.69 Å². The largest absolute Gasteiger partial charge is 0.398 e. The Balaban J connectivity index is 2.58. The van der Waals surface area contributed by atoms with Gasteiger partial charge in [0.25, 0.3) is 0 Å². The van der Waals surface area contributed by atoms with Crippen molar-refractivity contribution in [1.82, 2.24) is 9.97 Å². The van der Waals surface area contributed by atoms with Gasteiger partial charge < -0.3 is 5.73 Å². The van der Waals surface area contributed by atoms with E-state index < -0.39 is 0 Å². The summed E-state index contributed by atoms with van der Waals surface area (Å²) in [5.74, 6) is 0. The van der Waals surface area contributed by atoms with Gasteiger partial charge >= 0.3 is 0 Å². The van der Waals surface area contributed by atoms with Gasteiger partial charge in [-0.2, -0.15) is 5.26 Å². The number of nitrogens with two attached hydrogens (primary N) is 1. The van der Waals surface area contributed by atoms with Crippen molar-refractivity contribution in [1.29, 1.82) is 5.26 Å². The van der Waals surface area contributed by atoms with E-state index in [1.165, 1.54) is 6.33 Å². The van der Waals surface area contributed by atoms with Crippen molar-refractivity contribution >= 4 is 17.3 Å². The number of benzene rings is 1. The molecule has 0 bridgehead atoms. The van der Waals surface area contributed by atoms with Crippen molar-refractivity contribution in [3.8, 4) is 17.3 Å². The number of nitriles is 1. The number of nitrogen functional groups attached to an aromatic ring is 1. The maximum atomic E-state index is 8.74. The summed E-state index contributed by atoms with van der Waals surface area (Å²) in [6, 6.07) is 8.63. The number of halogens is 1. The molecule has 2 N–H and O–H groups in total. The average Bonchev–Trinajstić information content (AvgIpc) is 2.32. The molecular formula is C11H7ClN4. The molecule has 0 spiro atoms. The molecule has 2 rings (SSSR count). The van der Waals surface area contributed by atoms with Crippen molar-refractivity contribution in [2.75, 3.05) is 5.73 Å². The minimum Gasteiger partial charge on any atom is -0.398 e. The average molecular weight is 231 g/mol. The van der Waals surface area contributed by atoms with Gasteiger partial charge in [0.15, 0.2) is 0 Å². The van der Waals surface area contributed by atoms with E-state index in [9.17, 15) is 0 Å². The van der Waals surface area contributed by atoms with Crippen LogP contribution in [-0.2, 0) is 0 Å². The highest BCUT2D eigenvalue weighted by Gasteiger charge is 2.06. The van der Waals surface area contributed by atoms with Gasteiger partial charge in [0, 0.05) is 22.3 Å². The molecule has 0 aliphatic carbocycles. The van der Waals surface area contributed by atoms with Crippen LogP contribution in [0.5, 0.6) is 0 Å². The first-order valence-corrected chi connectivity index (χ1v) is 4.86. The standard InChI is InChI=1S/C11H7ClN4/c12-7-1-2-10(14)9(3-7)11-4-8(5-13)15-6-16-11/h1-4,6H,14H2. The predicted octanol–water partition coefficient (Wildman–Crippen LogP) is 2.25. The number of nitrogens with zero attached hydrogens (tertiary/aromatic N) is 3. The molecule has 5 heteroatoms. The van der Waals surface area contributed by atoms with Gasteiger partial charge in [0.05, 0.1) is 5.69 Å². The van der Waals surface area contributed by atoms with E-state index in [2.05, 4.69) is 9.97 Å². The lowest BCUT2D eigenvalue weighted by atomic mass is 10.1. The third-order valence-corrected chi connectivity index (χ3v) is 2.31. The number of hydrogen-bond acceptors (Lipinski definition) is 4. The minimum absolute atomic E-state index is 0.296. The molecule has 1 aromatic carbocycles. The monoisotopic (exact) mass is 230 g/mol. The second-order valence-electron chi connectivity index (χ2n) is 3.13. The van der Waals surface area contributed by atoms with Gasteiger partial charge in [0.1, 0.15) is 18.1 Å². The molecule has 1 aromatic heterocycles. The first-order valence-electron chi connectivity index (χ1n) is 4.48. The highest BCUT2D eigenvalue weighted by molar-refractivity contribution is 6.31. The maximum absolute atomic E-state index is 8.74. The fourth-order valence-corrected chi connectivity index (χ4v) is 1.49. The van der Waals surface area contributed by atoms with Gasteiger partial charge in [-0.25, -0.2) is 9.97 Å². The molecule has 0 unspecified atom stereocenters. The van der Waals surface area contributed by atoms with Crippen molar-refractivity contribution in [3.63, 3.8) is 0 Å². The summed E-state index contributed by atoms with van der Waals surface area (Å²) in [5, 5.41) is 9.31. The number of hydrogen-bond donors (Lipinski definition) is 1. The number of rotatable bonds is 1. The molecule has 16 heavy (non-hydrogen) atoms. The first kappa shape index (κ1) is 10.4. The summed E-state index contributed by atoms with van der Waals surface area (Å²) < 4.78 is 0. The van der Waals surface area contributed by atoms with E-state index in [4.69, 9.17) is 22.6 Å². The molecule has 2 aromatic rings. The molecule has 4 nitrogen and oxygen atoms in total. The maximum Gasteiger partial charge on any atom is 0.144 e. The summed E-state index contributed by atoms with van der Waals surface area (Å²) >= 11 is 5.88. The fraction of sp³-hybridized carbons (Fsp3) is 0. The minimum atomic E-state index is 0.296. The molecule has 0 aliphatic rings. The van der Waals surface area contributed by atoms with Crippen LogP contribution in [-0.4, -0.2) is 9.97 Å². The zero-order chi connectivity index (χ0) is 11.5. The molecule has 0 fully saturated rings. The van der Waals surface area contributed by atoms with Crippen molar-refractivity contribution in [2.45, 2.75) is 0 Å². The second kappa shape index (κ2) is 4.17. The van der Waals surface area contributed by atoms with Crippen LogP contribution >= 0.6 is 11.6 Å². The highest BCUT2D eigenvalue weighted by Crippen LogP contribution is 2.27. The quantitative estimate of drug-likeness (QED) is 0.763. The van der Waals surface area contributed by atoms with Crippen LogP contribution in [0.1, 0.15) is 5.69 Å². The Morgan fingerprint density at radius 2 is 2.06 bits per heavy atom.